The van der Waals surface area contributed by atoms with Gasteiger partial charge in [-0.15, -0.1) is 0 Å². The van der Waals surface area contributed by atoms with Crippen molar-refractivity contribution in [1.29, 1.82) is 0 Å². The molecule has 1 aromatic carbocycles. The van der Waals surface area contributed by atoms with Crippen LogP contribution in [0, 0.1) is 0 Å². The minimum Gasteiger partial charge on any atom is -0.494 e. The summed E-state index contributed by atoms with van der Waals surface area (Å²) < 4.78 is 0. The van der Waals surface area contributed by atoms with Gasteiger partial charge in [0.2, 0.25) is 5.88 Å². The predicted molar refractivity (Wildman–Crippen MR) is 96.6 cm³/mol. The van der Waals surface area contributed by atoms with Crippen LogP contribution in [0.4, 0.5) is 0 Å². The minimum absolute atomic E-state index is 0.0219. The fourth-order valence-corrected chi connectivity index (χ4v) is 2.95. The van der Waals surface area contributed by atoms with E-state index < -0.39 is 0 Å². The number of fused-ring (bicyclic) bond motifs is 1. The van der Waals surface area contributed by atoms with Crippen LogP contribution in [0.25, 0.3) is 22.3 Å². The lowest BCUT2D eigenvalue weighted by molar-refractivity contribution is 0.0935. The third-order valence-electron chi connectivity index (χ3n) is 4.32. The number of benzene rings is 1. The molecule has 4 rings (SSSR count). The molecule has 0 aliphatic carbocycles. The average Bonchev–Trinajstić information content (AvgIpc) is 3.38. The van der Waals surface area contributed by atoms with E-state index in [4.69, 9.17) is 0 Å². The summed E-state index contributed by atoms with van der Waals surface area (Å²) in [6, 6.07) is 10.6. The second-order valence-electron chi connectivity index (χ2n) is 6.06. The number of aromatic hydroxyl groups is 1. The van der Waals surface area contributed by atoms with Crippen molar-refractivity contribution in [3.05, 3.63) is 53.9 Å². The predicted octanol–water partition coefficient (Wildman–Crippen LogP) is 2.87. The van der Waals surface area contributed by atoms with E-state index in [9.17, 15) is 9.90 Å². The van der Waals surface area contributed by atoms with Gasteiger partial charge in [0.15, 0.2) is 0 Å². The van der Waals surface area contributed by atoms with Crippen molar-refractivity contribution in [2.24, 2.45) is 0 Å². The number of carbonyl (C=O) groups excluding carboxylic acids is 1. The van der Waals surface area contributed by atoms with Crippen molar-refractivity contribution in [2.45, 2.75) is 19.4 Å². The zero-order chi connectivity index (χ0) is 18.1. The Bertz CT molecular complexity index is 1050. The zero-order valence-corrected chi connectivity index (χ0v) is 14.1. The molecule has 0 spiro atoms. The van der Waals surface area contributed by atoms with Gasteiger partial charge in [0.05, 0.1) is 17.4 Å². The second-order valence-corrected chi connectivity index (χ2v) is 6.06. The van der Waals surface area contributed by atoms with Gasteiger partial charge in [-0.05, 0) is 30.7 Å². The van der Waals surface area contributed by atoms with Crippen LogP contribution in [0.3, 0.4) is 0 Å². The average molecular weight is 350 g/mol. The Morgan fingerprint density at radius 2 is 2.12 bits per heavy atom. The Morgan fingerprint density at radius 1 is 1.23 bits per heavy atom. The van der Waals surface area contributed by atoms with Crippen molar-refractivity contribution in [3.63, 3.8) is 0 Å². The molecule has 8 nitrogen and oxygen atoms in total. The highest BCUT2D eigenvalue weighted by Crippen LogP contribution is 2.24. The summed E-state index contributed by atoms with van der Waals surface area (Å²) in [6.45, 7) is 1.95. The molecule has 4 aromatic rings. The number of nitrogens with one attached hydrogen (secondary N) is 4. The SMILES string of the molecule is CCC(NC(=O)c1ccc2cc(-c3cc[nH]n3)[nH]c2c1)c1cc(O)[nH]n1. The molecule has 3 heterocycles. The Labute approximate surface area is 148 Å². The summed E-state index contributed by atoms with van der Waals surface area (Å²) >= 11 is 0. The lowest BCUT2D eigenvalue weighted by Gasteiger charge is -2.14. The molecule has 1 unspecified atom stereocenters. The van der Waals surface area contributed by atoms with E-state index in [0.717, 1.165) is 22.3 Å². The summed E-state index contributed by atoms with van der Waals surface area (Å²) in [6.07, 6.45) is 2.42. The van der Waals surface area contributed by atoms with Gasteiger partial charge >= 0.3 is 0 Å². The third kappa shape index (κ3) is 2.92. The third-order valence-corrected chi connectivity index (χ3v) is 4.32. The molecule has 132 valence electrons. The van der Waals surface area contributed by atoms with Crippen LogP contribution in [0.5, 0.6) is 5.88 Å². The number of carbonyl (C=O) groups is 1. The van der Waals surface area contributed by atoms with E-state index in [0.29, 0.717) is 17.7 Å². The first-order valence-corrected chi connectivity index (χ1v) is 8.32. The Balaban J connectivity index is 1.58. The monoisotopic (exact) mass is 350 g/mol. The van der Waals surface area contributed by atoms with Gasteiger partial charge in [0.25, 0.3) is 5.91 Å². The van der Waals surface area contributed by atoms with Crippen LogP contribution in [0.15, 0.2) is 42.6 Å². The second kappa shape index (κ2) is 6.40. The molecule has 3 aromatic heterocycles. The maximum Gasteiger partial charge on any atom is 0.251 e. The van der Waals surface area contributed by atoms with Gasteiger partial charge in [0, 0.05) is 28.7 Å². The number of hydrogen-bond donors (Lipinski definition) is 5. The number of hydrogen-bond acceptors (Lipinski definition) is 4. The highest BCUT2D eigenvalue weighted by atomic mass is 16.3. The zero-order valence-electron chi connectivity index (χ0n) is 14.1. The smallest absolute Gasteiger partial charge is 0.251 e. The summed E-state index contributed by atoms with van der Waals surface area (Å²) in [5.74, 6) is -0.219. The summed E-state index contributed by atoms with van der Waals surface area (Å²) in [5.41, 5.74) is 3.71. The molecule has 1 amide bonds. The first-order chi connectivity index (χ1) is 12.6. The molecule has 0 bridgehead atoms. The summed E-state index contributed by atoms with van der Waals surface area (Å²) in [4.78, 5) is 15.9. The molecule has 0 aliphatic heterocycles. The van der Waals surface area contributed by atoms with Crippen LogP contribution < -0.4 is 5.32 Å². The maximum atomic E-state index is 12.6. The van der Waals surface area contributed by atoms with Gasteiger partial charge in [-0.25, -0.2) is 5.10 Å². The summed E-state index contributed by atoms with van der Waals surface area (Å²) in [5, 5.41) is 26.8. The van der Waals surface area contributed by atoms with Crippen molar-refractivity contribution in [1.82, 2.24) is 30.7 Å². The number of nitrogens with zero attached hydrogens (tertiary/aromatic N) is 2. The first-order valence-electron chi connectivity index (χ1n) is 8.32. The molecule has 5 N–H and O–H groups in total. The van der Waals surface area contributed by atoms with Crippen LogP contribution in [-0.2, 0) is 0 Å². The normalized spacial score (nSPS) is 12.3. The van der Waals surface area contributed by atoms with E-state index in [2.05, 4.69) is 30.7 Å². The van der Waals surface area contributed by atoms with E-state index in [1.165, 1.54) is 6.07 Å². The van der Waals surface area contributed by atoms with Gasteiger partial charge in [-0.1, -0.05) is 13.0 Å². The number of aromatic nitrogens is 5. The largest absolute Gasteiger partial charge is 0.494 e. The van der Waals surface area contributed by atoms with E-state index in [1.807, 2.05) is 31.2 Å². The minimum atomic E-state index is -0.279. The molecule has 1 atom stereocenters. The van der Waals surface area contributed by atoms with Gasteiger partial charge in [-0.2, -0.15) is 10.2 Å². The lowest BCUT2D eigenvalue weighted by atomic mass is 10.1. The maximum absolute atomic E-state index is 12.6. The quantitative estimate of drug-likeness (QED) is 0.380. The van der Waals surface area contributed by atoms with Crippen molar-refractivity contribution in [3.8, 4) is 17.3 Å². The van der Waals surface area contributed by atoms with Crippen molar-refractivity contribution < 1.29 is 9.90 Å². The summed E-state index contributed by atoms with van der Waals surface area (Å²) in [7, 11) is 0. The van der Waals surface area contributed by atoms with Crippen LogP contribution in [-0.4, -0.2) is 36.4 Å². The number of amides is 1. The molecule has 0 aliphatic rings. The van der Waals surface area contributed by atoms with Gasteiger partial charge in [-0.3, -0.25) is 9.89 Å². The molecule has 0 saturated heterocycles. The van der Waals surface area contributed by atoms with Crippen molar-refractivity contribution >= 4 is 16.8 Å². The highest BCUT2D eigenvalue weighted by molar-refractivity contribution is 5.98. The van der Waals surface area contributed by atoms with Gasteiger partial charge in [0.1, 0.15) is 5.69 Å². The standard InChI is InChI=1S/C18H18N6O2/c1-2-12(16-9-17(25)24-23-16)21-18(26)11-4-3-10-7-15(20-14(10)8-11)13-5-6-19-22-13/h3-9,12,20H,2H2,1H3,(H,19,22)(H,21,26)(H2,23,24,25). The highest BCUT2D eigenvalue weighted by Gasteiger charge is 2.17. The van der Waals surface area contributed by atoms with E-state index in [-0.39, 0.29) is 17.8 Å². The van der Waals surface area contributed by atoms with Crippen LogP contribution >= 0.6 is 0 Å². The first kappa shape index (κ1) is 15.9. The molecule has 0 fully saturated rings. The molecular formula is C18H18N6O2. The number of H-pyrrole nitrogens is 3. The Morgan fingerprint density at radius 3 is 2.81 bits per heavy atom. The topological polar surface area (TPSA) is 122 Å². The van der Waals surface area contributed by atoms with E-state index in [1.54, 1.807) is 12.3 Å². The van der Waals surface area contributed by atoms with Crippen LogP contribution in [0.2, 0.25) is 0 Å². The molecule has 0 saturated carbocycles. The molecule has 26 heavy (non-hydrogen) atoms. The fourth-order valence-electron chi connectivity index (χ4n) is 2.95. The van der Waals surface area contributed by atoms with E-state index >= 15 is 0 Å². The fraction of sp³-hybridized carbons (Fsp3) is 0.167. The van der Waals surface area contributed by atoms with Crippen molar-refractivity contribution in [2.75, 3.05) is 0 Å². The molecular weight excluding hydrogens is 332 g/mol. The number of rotatable bonds is 5. The molecule has 8 heteroatoms. The number of aromatic amines is 3. The Kier molecular flexibility index (Phi) is 3.92. The Hall–Kier alpha value is -3.55. The van der Waals surface area contributed by atoms with Gasteiger partial charge < -0.3 is 15.4 Å². The molecule has 0 radical (unpaired) electrons. The van der Waals surface area contributed by atoms with Crippen LogP contribution in [0.1, 0.15) is 35.4 Å². The lowest BCUT2D eigenvalue weighted by Crippen LogP contribution is -2.28.